The van der Waals surface area contributed by atoms with Gasteiger partial charge in [0.2, 0.25) is 5.91 Å². The molecule has 0 aromatic heterocycles. The highest BCUT2D eigenvalue weighted by Gasteiger charge is 2.53. The van der Waals surface area contributed by atoms with Crippen molar-refractivity contribution in [1.29, 1.82) is 0 Å². The first-order valence-corrected chi connectivity index (χ1v) is 8.10. The Balaban J connectivity index is 1.78. The van der Waals surface area contributed by atoms with Crippen LogP contribution in [0.4, 0.5) is 22.0 Å². The summed E-state index contributed by atoms with van der Waals surface area (Å²) in [6.07, 6.45) is -10.9. The average Bonchev–Trinajstić information content (AvgIpc) is 2.59. The third-order valence-electron chi connectivity index (χ3n) is 4.95. The predicted molar refractivity (Wildman–Crippen MR) is 74.2 cm³/mol. The Hall–Kier alpha value is -0.960. The first-order chi connectivity index (χ1) is 11.3. The molecule has 1 amide bonds. The van der Waals surface area contributed by atoms with E-state index in [1.54, 1.807) is 5.48 Å². The van der Waals surface area contributed by atoms with Crippen LogP contribution >= 0.6 is 0 Å². The number of ether oxygens (including phenoxy) is 1. The molecule has 2 aliphatic rings. The summed E-state index contributed by atoms with van der Waals surface area (Å²) in [7, 11) is 0. The quantitative estimate of drug-likeness (QED) is 0.451. The minimum atomic E-state index is -2.79. The molecule has 0 radical (unpaired) electrons. The van der Waals surface area contributed by atoms with Crippen molar-refractivity contribution in [1.82, 2.24) is 5.48 Å². The first kappa shape index (κ1) is 19.4. The van der Waals surface area contributed by atoms with Gasteiger partial charge in [0.15, 0.2) is 18.5 Å². The number of amides is 1. The lowest BCUT2D eigenvalue weighted by molar-refractivity contribution is -0.131. The Labute approximate surface area is 136 Å². The van der Waals surface area contributed by atoms with Gasteiger partial charge in [0, 0.05) is 6.42 Å². The molecule has 0 heterocycles. The van der Waals surface area contributed by atoms with E-state index in [2.05, 4.69) is 0 Å². The molecule has 4 atom stereocenters. The van der Waals surface area contributed by atoms with Crippen LogP contribution in [0.15, 0.2) is 0 Å². The summed E-state index contributed by atoms with van der Waals surface area (Å²) in [6.45, 7) is -0.512. The van der Waals surface area contributed by atoms with Crippen LogP contribution in [-0.2, 0) is 9.53 Å². The summed E-state index contributed by atoms with van der Waals surface area (Å²) < 4.78 is 72.7. The second-order valence-corrected chi connectivity index (χ2v) is 6.60. The van der Waals surface area contributed by atoms with E-state index < -0.39 is 49.3 Å². The number of rotatable bonds is 5. The van der Waals surface area contributed by atoms with Crippen LogP contribution in [0.5, 0.6) is 0 Å². The molecule has 2 saturated carbocycles. The molecule has 4 unspecified atom stereocenters. The van der Waals surface area contributed by atoms with Crippen molar-refractivity contribution in [2.45, 2.75) is 69.1 Å². The fourth-order valence-electron chi connectivity index (χ4n) is 3.42. The third-order valence-corrected chi connectivity index (χ3v) is 4.95. The van der Waals surface area contributed by atoms with Gasteiger partial charge in [0.1, 0.15) is 12.3 Å². The van der Waals surface area contributed by atoms with Crippen molar-refractivity contribution in [3.05, 3.63) is 0 Å². The van der Waals surface area contributed by atoms with Crippen LogP contribution in [0.1, 0.15) is 32.1 Å². The number of carbonyl (C=O) groups is 1. The van der Waals surface area contributed by atoms with Gasteiger partial charge >= 0.3 is 0 Å². The Bertz CT molecular complexity index is 406. The maximum atomic E-state index is 13.7. The van der Waals surface area contributed by atoms with Gasteiger partial charge in [0.05, 0.1) is 18.6 Å². The van der Waals surface area contributed by atoms with Gasteiger partial charge in [-0.3, -0.25) is 10.0 Å². The summed E-state index contributed by atoms with van der Waals surface area (Å²) in [5.41, 5.74) is 1.56. The molecule has 24 heavy (non-hydrogen) atoms. The van der Waals surface area contributed by atoms with Gasteiger partial charge in [-0.15, -0.1) is 0 Å². The molecule has 140 valence electrons. The zero-order valence-electron chi connectivity index (χ0n) is 13.0. The van der Waals surface area contributed by atoms with Crippen molar-refractivity contribution in [3.63, 3.8) is 0 Å². The molecular weight excluding hydrogens is 337 g/mol. The van der Waals surface area contributed by atoms with Crippen molar-refractivity contribution in [3.8, 4) is 0 Å². The van der Waals surface area contributed by atoms with E-state index in [-0.39, 0.29) is 18.4 Å². The van der Waals surface area contributed by atoms with E-state index in [1.165, 1.54) is 0 Å². The molecular formula is C15H22F5NO3. The van der Waals surface area contributed by atoms with Gasteiger partial charge < -0.3 is 4.74 Å². The van der Waals surface area contributed by atoms with Gasteiger partial charge in [0.25, 0.3) is 0 Å². The molecule has 4 nitrogen and oxygen atoms in total. The molecule has 2 rings (SSSR count). The van der Waals surface area contributed by atoms with Gasteiger partial charge in [-0.2, -0.15) is 0 Å². The van der Waals surface area contributed by atoms with E-state index in [9.17, 15) is 26.7 Å². The summed E-state index contributed by atoms with van der Waals surface area (Å²) in [4.78, 5) is 11.1. The average molecular weight is 359 g/mol. The van der Waals surface area contributed by atoms with Gasteiger partial charge in [-0.05, 0) is 31.6 Å². The smallest absolute Gasteiger partial charge is 0.243 e. The topological polar surface area (TPSA) is 58.6 Å². The number of alkyl halides is 5. The fraction of sp³-hybridized carbons (Fsp3) is 0.933. The number of hydrogen-bond donors (Lipinski definition) is 2. The summed E-state index contributed by atoms with van der Waals surface area (Å²) in [5.74, 6) is -2.07. The normalized spacial score (nSPS) is 43.4. The van der Waals surface area contributed by atoms with E-state index in [0.717, 1.165) is 0 Å². The number of carbonyl (C=O) groups excluding carboxylic acids is 1. The SMILES string of the molecule is O=C(CC1CCC(OCC2C(F)C(F)C(F)C(F)C2F)CC1)NO. The highest BCUT2D eigenvalue weighted by atomic mass is 19.2. The monoisotopic (exact) mass is 359 g/mol. The molecule has 9 heteroatoms. The largest absolute Gasteiger partial charge is 0.378 e. The standard InChI is InChI=1S/C15H22F5NO3/c16-11-9(12(17)14(19)15(20)13(11)18)6-24-8-3-1-7(2-4-8)5-10(22)21-23/h7-9,11-15,23H,1-6H2,(H,21,22). The second-order valence-electron chi connectivity index (χ2n) is 6.60. The maximum absolute atomic E-state index is 13.7. The van der Waals surface area contributed by atoms with E-state index >= 15 is 0 Å². The lowest BCUT2D eigenvalue weighted by atomic mass is 9.82. The Morgan fingerprint density at radius 3 is 1.92 bits per heavy atom. The molecule has 2 aliphatic carbocycles. The lowest BCUT2D eigenvalue weighted by Gasteiger charge is -2.37. The zero-order valence-corrected chi connectivity index (χ0v) is 13.0. The van der Waals surface area contributed by atoms with Crippen LogP contribution in [-0.4, -0.2) is 54.7 Å². The van der Waals surface area contributed by atoms with Gasteiger partial charge in [-0.1, -0.05) is 0 Å². The van der Waals surface area contributed by atoms with Crippen LogP contribution < -0.4 is 5.48 Å². The van der Waals surface area contributed by atoms with E-state index in [0.29, 0.717) is 25.7 Å². The van der Waals surface area contributed by atoms with Crippen molar-refractivity contribution < 1.29 is 36.7 Å². The molecule has 0 aromatic rings. The molecule has 0 saturated heterocycles. The van der Waals surface area contributed by atoms with Crippen LogP contribution in [0, 0.1) is 11.8 Å². The van der Waals surface area contributed by atoms with Crippen molar-refractivity contribution >= 4 is 5.91 Å². The van der Waals surface area contributed by atoms with Gasteiger partial charge in [-0.25, -0.2) is 27.4 Å². The molecule has 0 bridgehead atoms. The summed E-state index contributed by atoms with van der Waals surface area (Å²) >= 11 is 0. The van der Waals surface area contributed by atoms with E-state index in [1.807, 2.05) is 0 Å². The molecule has 0 aromatic carbocycles. The van der Waals surface area contributed by atoms with Crippen LogP contribution in [0.3, 0.4) is 0 Å². The summed E-state index contributed by atoms with van der Waals surface area (Å²) in [5, 5.41) is 8.47. The number of hydrogen-bond acceptors (Lipinski definition) is 3. The number of halogens is 5. The van der Waals surface area contributed by atoms with Crippen LogP contribution in [0.25, 0.3) is 0 Å². The molecule has 0 spiro atoms. The summed E-state index contributed by atoms with van der Waals surface area (Å²) in [6, 6.07) is 0. The maximum Gasteiger partial charge on any atom is 0.243 e. The fourth-order valence-corrected chi connectivity index (χ4v) is 3.42. The minimum Gasteiger partial charge on any atom is -0.378 e. The molecule has 2 N–H and O–H groups in total. The highest BCUT2D eigenvalue weighted by Crippen LogP contribution is 2.37. The second kappa shape index (κ2) is 8.42. The number of nitrogens with one attached hydrogen (secondary N) is 1. The van der Waals surface area contributed by atoms with E-state index in [4.69, 9.17) is 9.94 Å². The zero-order chi connectivity index (χ0) is 17.9. The predicted octanol–water partition coefficient (Wildman–Crippen LogP) is 2.78. The number of hydroxylamine groups is 1. The lowest BCUT2D eigenvalue weighted by Crippen LogP contribution is -2.54. The Kier molecular flexibility index (Phi) is 6.79. The Morgan fingerprint density at radius 2 is 1.42 bits per heavy atom. The van der Waals surface area contributed by atoms with Crippen molar-refractivity contribution in [2.75, 3.05) is 6.61 Å². The highest BCUT2D eigenvalue weighted by molar-refractivity contribution is 5.74. The molecule has 2 fully saturated rings. The third kappa shape index (κ3) is 4.36. The minimum absolute atomic E-state index is 0.0762. The molecule has 0 aliphatic heterocycles. The van der Waals surface area contributed by atoms with Crippen molar-refractivity contribution in [2.24, 2.45) is 11.8 Å². The Morgan fingerprint density at radius 1 is 0.917 bits per heavy atom. The first-order valence-electron chi connectivity index (χ1n) is 8.10. The van der Waals surface area contributed by atoms with Crippen LogP contribution in [0.2, 0.25) is 0 Å².